The quantitative estimate of drug-likeness (QED) is 0.688. The van der Waals surface area contributed by atoms with Gasteiger partial charge in [-0.25, -0.2) is 0 Å². The molecule has 5 nitrogen and oxygen atoms in total. The van der Waals surface area contributed by atoms with Crippen molar-refractivity contribution in [1.82, 2.24) is 4.90 Å². The second-order valence-corrected chi connectivity index (χ2v) is 8.05. The number of carbonyl (C=O) groups is 1. The van der Waals surface area contributed by atoms with Gasteiger partial charge in [0.05, 0.1) is 12.6 Å². The molecular formula is C22H37N3O2. The standard InChI is InChI=1S/C22H37N3O2/c1-5-25(17(2)3)21-13-11-19(12-14-21)23-22(27)16-24(15-18(4)26)20-9-7-6-8-10-20/h11-14,17-18,20,26H,5-10,15-16H2,1-4H3,(H,23,27). The minimum absolute atomic E-state index is 0.00909. The summed E-state index contributed by atoms with van der Waals surface area (Å²) in [6, 6.07) is 8.92. The van der Waals surface area contributed by atoms with Crippen LogP contribution < -0.4 is 10.2 Å². The number of carbonyl (C=O) groups excluding carboxylic acids is 1. The molecule has 0 heterocycles. The Kier molecular flexibility index (Phi) is 8.58. The Hall–Kier alpha value is -1.59. The fourth-order valence-corrected chi connectivity index (χ4v) is 4.10. The van der Waals surface area contributed by atoms with Crippen molar-refractivity contribution in [3.05, 3.63) is 24.3 Å². The first kappa shape index (κ1) is 21.7. The fourth-order valence-electron chi connectivity index (χ4n) is 4.10. The highest BCUT2D eigenvalue weighted by Crippen LogP contribution is 2.23. The molecule has 5 heteroatoms. The van der Waals surface area contributed by atoms with Crippen LogP contribution in [0.1, 0.15) is 59.8 Å². The summed E-state index contributed by atoms with van der Waals surface area (Å²) in [6.07, 6.45) is 5.54. The molecule has 0 bridgehead atoms. The predicted molar refractivity (Wildman–Crippen MR) is 113 cm³/mol. The number of benzene rings is 1. The van der Waals surface area contributed by atoms with Gasteiger partial charge in [0.2, 0.25) is 5.91 Å². The molecule has 1 aromatic carbocycles. The third kappa shape index (κ3) is 6.82. The minimum atomic E-state index is -0.421. The van der Waals surface area contributed by atoms with E-state index in [-0.39, 0.29) is 5.91 Å². The molecule has 27 heavy (non-hydrogen) atoms. The van der Waals surface area contributed by atoms with Crippen molar-refractivity contribution in [3.8, 4) is 0 Å². The third-order valence-electron chi connectivity index (χ3n) is 5.38. The molecule has 1 saturated carbocycles. The van der Waals surface area contributed by atoms with Crippen LogP contribution in [0.3, 0.4) is 0 Å². The van der Waals surface area contributed by atoms with Crippen LogP contribution in [0.4, 0.5) is 11.4 Å². The van der Waals surface area contributed by atoms with Crippen LogP contribution in [0.15, 0.2) is 24.3 Å². The molecule has 0 saturated heterocycles. The average Bonchev–Trinajstić information content (AvgIpc) is 2.63. The zero-order valence-electron chi connectivity index (χ0n) is 17.4. The number of aliphatic hydroxyl groups is 1. The van der Waals surface area contributed by atoms with Crippen LogP contribution in [0.2, 0.25) is 0 Å². The second-order valence-electron chi connectivity index (χ2n) is 8.05. The van der Waals surface area contributed by atoms with Gasteiger partial charge in [0, 0.05) is 36.5 Å². The first-order chi connectivity index (χ1) is 12.9. The van der Waals surface area contributed by atoms with Crippen LogP contribution >= 0.6 is 0 Å². The molecule has 2 N–H and O–H groups in total. The van der Waals surface area contributed by atoms with Crippen LogP contribution in [-0.2, 0) is 4.79 Å². The molecule has 2 rings (SSSR count). The Morgan fingerprint density at radius 2 is 1.78 bits per heavy atom. The molecule has 1 fully saturated rings. The predicted octanol–water partition coefficient (Wildman–Crippen LogP) is 3.88. The molecule has 1 aliphatic carbocycles. The number of nitrogens with one attached hydrogen (secondary N) is 1. The molecule has 0 radical (unpaired) electrons. The lowest BCUT2D eigenvalue weighted by Gasteiger charge is -2.34. The van der Waals surface area contributed by atoms with Crippen molar-refractivity contribution >= 4 is 17.3 Å². The van der Waals surface area contributed by atoms with Gasteiger partial charge in [-0.15, -0.1) is 0 Å². The summed E-state index contributed by atoms with van der Waals surface area (Å²) in [5, 5.41) is 12.8. The SMILES string of the molecule is CCN(c1ccc(NC(=O)CN(CC(C)O)C2CCCCC2)cc1)C(C)C. The number of hydrogen-bond donors (Lipinski definition) is 2. The van der Waals surface area contributed by atoms with Crippen LogP contribution in [0.25, 0.3) is 0 Å². The Labute approximate surface area is 164 Å². The summed E-state index contributed by atoms with van der Waals surface area (Å²) in [5.41, 5.74) is 1.99. The highest BCUT2D eigenvalue weighted by Gasteiger charge is 2.24. The molecule has 1 atom stereocenters. The minimum Gasteiger partial charge on any atom is -0.392 e. The average molecular weight is 376 g/mol. The molecule has 1 aromatic rings. The zero-order chi connectivity index (χ0) is 19.8. The summed E-state index contributed by atoms with van der Waals surface area (Å²) >= 11 is 0. The van der Waals surface area contributed by atoms with Crippen molar-refractivity contribution < 1.29 is 9.90 Å². The topological polar surface area (TPSA) is 55.8 Å². The van der Waals surface area contributed by atoms with E-state index in [0.717, 1.165) is 25.1 Å². The number of amides is 1. The van der Waals surface area contributed by atoms with Gasteiger partial charge in [-0.3, -0.25) is 9.69 Å². The second kappa shape index (κ2) is 10.7. The summed E-state index contributed by atoms with van der Waals surface area (Å²) in [5.74, 6) is -0.00909. The molecule has 0 spiro atoms. The zero-order valence-corrected chi connectivity index (χ0v) is 17.4. The fraction of sp³-hybridized carbons (Fsp3) is 0.682. The lowest BCUT2D eigenvalue weighted by atomic mass is 9.94. The van der Waals surface area contributed by atoms with Crippen LogP contribution in [0, 0.1) is 0 Å². The normalized spacial score (nSPS) is 16.6. The van der Waals surface area contributed by atoms with Crippen molar-refractivity contribution in [1.29, 1.82) is 0 Å². The number of hydrogen-bond acceptors (Lipinski definition) is 4. The lowest BCUT2D eigenvalue weighted by Crippen LogP contribution is -2.45. The van der Waals surface area contributed by atoms with Gasteiger partial charge >= 0.3 is 0 Å². The van der Waals surface area contributed by atoms with E-state index in [4.69, 9.17) is 0 Å². The molecule has 1 aliphatic rings. The third-order valence-corrected chi connectivity index (χ3v) is 5.38. The Morgan fingerprint density at radius 3 is 2.30 bits per heavy atom. The molecule has 152 valence electrons. The van der Waals surface area contributed by atoms with E-state index in [2.05, 4.69) is 48.0 Å². The van der Waals surface area contributed by atoms with E-state index >= 15 is 0 Å². The van der Waals surface area contributed by atoms with Gasteiger partial charge in [-0.05, 0) is 64.8 Å². The summed E-state index contributed by atoms with van der Waals surface area (Å²) < 4.78 is 0. The van der Waals surface area contributed by atoms with E-state index in [9.17, 15) is 9.90 Å². The van der Waals surface area contributed by atoms with E-state index < -0.39 is 6.10 Å². The van der Waals surface area contributed by atoms with Crippen molar-refractivity contribution in [2.24, 2.45) is 0 Å². The monoisotopic (exact) mass is 375 g/mol. The van der Waals surface area contributed by atoms with Crippen LogP contribution in [0.5, 0.6) is 0 Å². The van der Waals surface area contributed by atoms with E-state index in [1.54, 1.807) is 6.92 Å². The maximum atomic E-state index is 12.6. The molecular weight excluding hydrogens is 338 g/mol. The largest absolute Gasteiger partial charge is 0.392 e. The number of aliphatic hydroxyl groups excluding tert-OH is 1. The molecule has 1 unspecified atom stereocenters. The maximum absolute atomic E-state index is 12.6. The Bertz CT molecular complexity index is 565. The van der Waals surface area contributed by atoms with Gasteiger partial charge in [-0.2, -0.15) is 0 Å². The first-order valence-electron chi connectivity index (χ1n) is 10.5. The maximum Gasteiger partial charge on any atom is 0.238 e. The number of nitrogens with zero attached hydrogens (tertiary/aromatic N) is 2. The summed E-state index contributed by atoms with van der Waals surface area (Å²) in [6.45, 7) is 10.2. The van der Waals surface area contributed by atoms with E-state index in [0.29, 0.717) is 25.2 Å². The van der Waals surface area contributed by atoms with Crippen molar-refractivity contribution in [2.75, 3.05) is 29.9 Å². The number of anilines is 2. The van der Waals surface area contributed by atoms with Gasteiger partial charge in [0.25, 0.3) is 0 Å². The first-order valence-corrected chi connectivity index (χ1v) is 10.5. The van der Waals surface area contributed by atoms with Gasteiger partial charge in [0.15, 0.2) is 0 Å². The van der Waals surface area contributed by atoms with E-state index in [1.807, 2.05) is 12.1 Å². The smallest absolute Gasteiger partial charge is 0.238 e. The Morgan fingerprint density at radius 1 is 1.15 bits per heavy atom. The summed E-state index contributed by atoms with van der Waals surface area (Å²) in [7, 11) is 0. The van der Waals surface area contributed by atoms with Gasteiger partial charge in [-0.1, -0.05) is 19.3 Å². The Balaban J connectivity index is 1.95. The lowest BCUT2D eigenvalue weighted by molar-refractivity contribution is -0.118. The van der Waals surface area contributed by atoms with Gasteiger partial charge in [0.1, 0.15) is 0 Å². The van der Waals surface area contributed by atoms with Crippen molar-refractivity contribution in [2.45, 2.75) is 78.0 Å². The summed E-state index contributed by atoms with van der Waals surface area (Å²) in [4.78, 5) is 17.1. The molecule has 0 aromatic heterocycles. The molecule has 1 amide bonds. The molecule has 0 aliphatic heterocycles. The highest BCUT2D eigenvalue weighted by atomic mass is 16.3. The van der Waals surface area contributed by atoms with Gasteiger partial charge < -0.3 is 15.3 Å². The van der Waals surface area contributed by atoms with Crippen molar-refractivity contribution in [3.63, 3.8) is 0 Å². The highest BCUT2D eigenvalue weighted by molar-refractivity contribution is 5.92. The number of rotatable bonds is 9. The van der Waals surface area contributed by atoms with Crippen LogP contribution in [-0.4, -0.2) is 53.7 Å². The van der Waals surface area contributed by atoms with E-state index in [1.165, 1.54) is 24.9 Å².